The van der Waals surface area contributed by atoms with E-state index in [4.69, 9.17) is 11.6 Å². The number of methoxy groups -OCH3 is 1. The number of rotatable bonds is 4. The molecule has 2 rings (SSSR count). The predicted molar refractivity (Wildman–Crippen MR) is 113 cm³/mol. The minimum absolute atomic E-state index is 0.180. The highest BCUT2D eigenvalue weighted by molar-refractivity contribution is 6.88. The average molecular weight is 455 g/mol. The Morgan fingerprint density at radius 2 is 1.60 bits per heavy atom. The highest BCUT2D eigenvalue weighted by atomic mass is 35.5. The predicted octanol–water partition coefficient (Wildman–Crippen LogP) is 3.91. The SMILES string of the molecule is COC(=O)c1nc(-c2cc(F)c([Si](C)(C)C)cc2F)cc(N(C(C)=O)C(C)=O)c1Cl. The van der Waals surface area contributed by atoms with E-state index in [1.165, 1.54) is 0 Å². The summed E-state index contributed by atoms with van der Waals surface area (Å²) in [6.07, 6.45) is 0. The van der Waals surface area contributed by atoms with Gasteiger partial charge in [0.15, 0.2) is 5.69 Å². The number of halogens is 3. The Balaban J connectivity index is 2.86. The Bertz CT molecular complexity index is 1040. The first-order valence-corrected chi connectivity index (χ1v) is 12.8. The molecular formula is C20H21ClF2N2O4Si. The van der Waals surface area contributed by atoms with Gasteiger partial charge in [-0.25, -0.2) is 23.5 Å². The Labute approximate surface area is 178 Å². The lowest BCUT2D eigenvalue weighted by molar-refractivity contribution is -0.124. The van der Waals surface area contributed by atoms with E-state index in [0.717, 1.165) is 39.2 Å². The summed E-state index contributed by atoms with van der Waals surface area (Å²) in [6.45, 7) is 7.86. The average Bonchev–Trinajstić information content (AvgIpc) is 2.62. The van der Waals surface area contributed by atoms with Crippen molar-refractivity contribution < 1.29 is 27.9 Å². The zero-order chi connectivity index (χ0) is 23.0. The second-order valence-electron chi connectivity index (χ2n) is 7.62. The molecule has 0 fully saturated rings. The van der Waals surface area contributed by atoms with E-state index < -0.39 is 43.2 Å². The molecule has 0 atom stereocenters. The van der Waals surface area contributed by atoms with Crippen LogP contribution < -0.4 is 10.1 Å². The third kappa shape index (κ3) is 4.57. The van der Waals surface area contributed by atoms with Gasteiger partial charge in [0.05, 0.1) is 31.6 Å². The summed E-state index contributed by atoms with van der Waals surface area (Å²) < 4.78 is 34.3. The summed E-state index contributed by atoms with van der Waals surface area (Å²) in [5.74, 6) is -3.70. The van der Waals surface area contributed by atoms with E-state index in [9.17, 15) is 23.2 Å². The smallest absolute Gasteiger partial charge is 0.358 e. The molecular weight excluding hydrogens is 434 g/mol. The Kier molecular flexibility index (Phi) is 6.78. The Morgan fingerprint density at radius 3 is 2.07 bits per heavy atom. The summed E-state index contributed by atoms with van der Waals surface area (Å²) in [7, 11) is -1.08. The molecule has 0 N–H and O–H groups in total. The van der Waals surface area contributed by atoms with Crippen molar-refractivity contribution in [2.75, 3.05) is 12.0 Å². The van der Waals surface area contributed by atoms with Crippen molar-refractivity contribution in [2.45, 2.75) is 33.5 Å². The zero-order valence-electron chi connectivity index (χ0n) is 17.4. The molecule has 2 aromatic rings. The van der Waals surface area contributed by atoms with Crippen molar-refractivity contribution in [2.24, 2.45) is 0 Å². The molecule has 0 saturated heterocycles. The summed E-state index contributed by atoms with van der Waals surface area (Å²) in [4.78, 5) is 40.9. The quantitative estimate of drug-likeness (QED) is 0.517. The van der Waals surface area contributed by atoms with Crippen molar-refractivity contribution in [3.05, 3.63) is 40.6 Å². The van der Waals surface area contributed by atoms with Crippen molar-refractivity contribution in [3.8, 4) is 11.3 Å². The molecule has 0 bridgehead atoms. The molecule has 10 heteroatoms. The number of anilines is 1. The van der Waals surface area contributed by atoms with Gasteiger partial charge in [-0.15, -0.1) is 0 Å². The lowest BCUT2D eigenvalue weighted by atomic mass is 10.1. The van der Waals surface area contributed by atoms with Crippen LogP contribution in [-0.4, -0.2) is 38.0 Å². The van der Waals surface area contributed by atoms with Crippen LogP contribution in [0.4, 0.5) is 14.5 Å². The molecule has 6 nitrogen and oxygen atoms in total. The van der Waals surface area contributed by atoms with E-state index in [1.807, 2.05) is 19.6 Å². The van der Waals surface area contributed by atoms with Crippen LogP contribution in [-0.2, 0) is 14.3 Å². The largest absolute Gasteiger partial charge is 0.464 e. The van der Waals surface area contributed by atoms with Gasteiger partial charge in [0.2, 0.25) is 11.8 Å². The highest BCUT2D eigenvalue weighted by Crippen LogP contribution is 2.34. The second kappa shape index (κ2) is 8.61. The summed E-state index contributed by atoms with van der Waals surface area (Å²) in [5.41, 5.74) is -1.05. The lowest BCUT2D eigenvalue weighted by Gasteiger charge is -2.21. The molecule has 2 amide bonds. The minimum atomic E-state index is -2.16. The van der Waals surface area contributed by atoms with E-state index in [-0.39, 0.29) is 22.0 Å². The van der Waals surface area contributed by atoms with Crippen LogP contribution in [0.15, 0.2) is 18.2 Å². The summed E-state index contributed by atoms with van der Waals surface area (Å²) in [6, 6.07) is 3.25. The third-order valence-electron chi connectivity index (χ3n) is 4.33. The number of esters is 1. The minimum Gasteiger partial charge on any atom is -0.464 e. The molecule has 1 heterocycles. The Hall–Kier alpha value is -2.65. The molecule has 0 aliphatic carbocycles. The molecule has 1 aromatic carbocycles. The first-order chi connectivity index (χ1) is 13.8. The number of imide groups is 1. The topological polar surface area (TPSA) is 76.6 Å². The van der Waals surface area contributed by atoms with Gasteiger partial charge in [0, 0.05) is 19.4 Å². The molecule has 0 unspecified atom stereocenters. The number of amides is 2. The molecule has 0 spiro atoms. The van der Waals surface area contributed by atoms with Crippen LogP contribution in [0.5, 0.6) is 0 Å². The van der Waals surface area contributed by atoms with Crippen molar-refractivity contribution in [3.63, 3.8) is 0 Å². The maximum absolute atomic E-state index is 14.9. The molecule has 0 saturated carbocycles. The molecule has 0 radical (unpaired) electrons. The van der Waals surface area contributed by atoms with Crippen LogP contribution in [0.3, 0.4) is 0 Å². The summed E-state index contributed by atoms with van der Waals surface area (Å²) >= 11 is 6.21. The van der Waals surface area contributed by atoms with Gasteiger partial charge in [-0.1, -0.05) is 31.2 Å². The number of ether oxygens (including phenoxy) is 1. The van der Waals surface area contributed by atoms with Gasteiger partial charge in [-0.3, -0.25) is 9.59 Å². The fourth-order valence-electron chi connectivity index (χ4n) is 2.93. The normalized spacial score (nSPS) is 11.2. The third-order valence-corrected chi connectivity index (χ3v) is 6.70. The van der Waals surface area contributed by atoms with Crippen LogP contribution in [0.2, 0.25) is 24.7 Å². The number of hydrogen-bond acceptors (Lipinski definition) is 5. The number of nitrogens with zero attached hydrogens (tertiary/aromatic N) is 2. The standard InChI is InChI=1S/C20H21ClF2N2O4Si/c1-10(26)25(11(2)27)16-9-15(24-19(18(16)21)20(28)29-3)12-7-14(23)17(8-13(12)22)30(4,5)6/h7-9H,1-6H3. The van der Waals surface area contributed by atoms with Gasteiger partial charge < -0.3 is 4.74 Å². The highest BCUT2D eigenvalue weighted by Gasteiger charge is 2.28. The molecule has 0 aliphatic rings. The van der Waals surface area contributed by atoms with Crippen molar-refractivity contribution in [1.29, 1.82) is 0 Å². The van der Waals surface area contributed by atoms with Crippen molar-refractivity contribution in [1.82, 2.24) is 4.98 Å². The number of carbonyl (C=O) groups excluding carboxylic acids is 3. The first-order valence-electron chi connectivity index (χ1n) is 8.89. The second-order valence-corrected chi connectivity index (χ2v) is 13.0. The first kappa shape index (κ1) is 23.6. The van der Waals surface area contributed by atoms with Gasteiger partial charge in [0.1, 0.15) is 11.6 Å². The fourth-order valence-corrected chi connectivity index (χ4v) is 4.53. The van der Waals surface area contributed by atoms with Gasteiger partial charge in [-0.2, -0.15) is 0 Å². The zero-order valence-corrected chi connectivity index (χ0v) is 19.1. The maximum atomic E-state index is 14.9. The van der Waals surface area contributed by atoms with Crippen LogP contribution in [0, 0.1) is 11.6 Å². The van der Waals surface area contributed by atoms with E-state index >= 15 is 0 Å². The van der Waals surface area contributed by atoms with E-state index in [1.54, 1.807) is 0 Å². The summed E-state index contributed by atoms with van der Waals surface area (Å²) in [5, 5.41) is -0.0316. The van der Waals surface area contributed by atoms with Crippen LogP contribution in [0.1, 0.15) is 24.3 Å². The van der Waals surface area contributed by atoms with Gasteiger partial charge >= 0.3 is 5.97 Å². The lowest BCUT2D eigenvalue weighted by Crippen LogP contribution is -2.40. The van der Waals surface area contributed by atoms with Crippen molar-refractivity contribution >= 4 is 48.3 Å². The fraction of sp³-hybridized carbons (Fsp3) is 0.300. The van der Waals surface area contributed by atoms with E-state index in [0.29, 0.717) is 10.1 Å². The number of benzene rings is 1. The van der Waals surface area contributed by atoms with Crippen LogP contribution in [0.25, 0.3) is 11.3 Å². The molecule has 30 heavy (non-hydrogen) atoms. The van der Waals surface area contributed by atoms with E-state index in [2.05, 4.69) is 9.72 Å². The molecule has 160 valence electrons. The number of carbonyl (C=O) groups is 3. The van der Waals surface area contributed by atoms with Crippen LogP contribution >= 0.6 is 11.6 Å². The monoisotopic (exact) mass is 454 g/mol. The molecule has 1 aromatic heterocycles. The number of hydrogen-bond donors (Lipinski definition) is 0. The maximum Gasteiger partial charge on any atom is 0.358 e. The number of pyridine rings is 1. The van der Waals surface area contributed by atoms with Gasteiger partial charge in [-0.05, 0) is 23.4 Å². The Morgan fingerprint density at radius 1 is 1.03 bits per heavy atom. The molecule has 0 aliphatic heterocycles. The van der Waals surface area contributed by atoms with Gasteiger partial charge in [0.25, 0.3) is 0 Å². The number of aromatic nitrogens is 1.